The molecule has 0 aromatic rings. The fourth-order valence-corrected chi connectivity index (χ4v) is 1.78. The highest BCUT2D eigenvalue weighted by molar-refractivity contribution is 5.85. The van der Waals surface area contributed by atoms with Crippen molar-refractivity contribution in [1.29, 1.82) is 0 Å². The Morgan fingerprint density at radius 3 is 2.56 bits per heavy atom. The summed E-state index contributed by atoms with van der Waals surface area (Å²) in [7, 11) is 0. The van der Waals surface area contributed by atoms with Gasteiger partial charge in [0.25, 0.3) is 0 Å². The van der Waals surface area contributed by atoms with Crippen LogP contribution in [0.2, 0.25) is 0 Å². The molecule has 1 spiro atoms. The van der Waals surface area contributed by atoms with Gasteiger partial charge in [-0.2, -0.15) is 0 Å². The summed E-state index contributed by atoms with van der Waals surface area (Å²) in [5.74, 6) is 0.182. The molecule has 2 aliphatic rings. The molecule has 1 amide bonds. The largest absolute Gasteiger partial charge is 0.350 e. The highest BCUT2D eigenvalue weighted by Crippen LogP contribution is 2.39. The Bertz CT molecular complexity index is 150. The molecule has 1 saturated heterocycles. The van der Waals surface area contributed by atoms with Crippen molar-refractivity contribution in [2.24, 2.45) is 5.73 Å². The fraction of sp³-hybridized carbons (Fsp3) is 0.833. The van der Waals surface area contributed by atoms with E-state index >= 15 is 0 Å². The second-order valence-electron chi connectivity index (χ2n) is 3.17. The zero-order valence-electron chi connectivity index (χ0n) is 5.18. The summed E-state index contributed by atoms with van der Waals surface area (Å²) in [4.78, 5) is 10.5. The zero-order valence-corrected chi connectivity index (χ0v) is 5.18. The normalized spacial score (nSPS) is 47.7. The summed E-state index contributed by atoms with van der Waals surface area (Å²) >= 11 is 0. The van der Waals surface area contributed by atoms with E-state index in [0.29, 0.717) is 12.5 Å². The van der Waals surface area contributed by atoms with Gasteiger partial charge in [-0.15, -0.1) is 0 Å². The van der Waals surface area contributed by atoms with Crippen molar-refractivity contribution in [3.05, 3.63) is 0 Å². The number of carbonyl (C=O) groups is 1. The molecule has 0 aromatic carbocycles. The lowest BCUT2D eigenvalue weighted by Crippen LogP contribution is -2.70. The summed E-state index contributed by atoms with van der Waals surface area (Å²) in [5, 5.41) is 2.87. The lowest BCUT2D eigenvalue weighted by molar-refractivity contribution is -0.137. The number of hydrogen-bond donors (Lipinski definition) is 2. The highest BCUT2D eigenvalue weighted by Gasteiger charge is 2.51. The summed E-state index contributed by atoms with van der Waals surface area (Å²) in [6.45, 7) is 0. The highest BCUT2D eigenvalue weighted by atomic mass is 16.2. The van der Waals surface area contributed by atoms with E-state index in [1.54, 1.807) is 0 Å². The molecule has 0 radical (unpaired) electrons. The van der Waals surface area contributed by atoms with Crippen LogP contribution in [0.25, 0.3) is 0 Å². The van der Waals surface area contributed by atoms with E-state index in [2.05, 4.69) is 5.32 Å². The topological polar surface area (TPSA) is 55.1 Å². The van der Waals surface area contributed by atoms with Crippen molar-refractivity contribution in [2.75, 3.05) is 0 Å². The molecule has 3 heteroatoms. The minimum atomic E-state index is 0.163. The van der Waals surface area contributed by atoms with Gasteiger partial charge in [-0.05, 0) is 12.8 Å². The van der Waals surface area contributed by atoms with Crippen molar-refractivity contribution >= 4 is 5.91 Å². The van der Waals surface area contributed by atoms with Crippen LogP contribution in [0, 0.1) is 0 Å². The Morgan fingerprint density at radius 2 is 2.22 bits per heavy atom. The average molecular weight is 126 g/mol. The number of rotatable bonds is 0. The number of hydrogen-bond acceptors (Lipinski definition) is 2. The van der Waals surface area contributed by atoms with Crippen LogP contribution in [0.5, 0.6) is 0 Å². The molecule has 1 aliphatic carbocycles. The van der Waals surface area contributed by atoms with Crippen LogP contribution in [-0.4, -0.2) is 17.5 Å². The first-order valence-electron chi connectivity index (χ1n) is 3.27. The number of nitrogens with one attached hydrogen (secondary N) is 1. The van der Waals surface area contributed by atoms with E-state index in [1.165, 1.54) is 0 Å². The van der Waals surface area contributed by atoms with Crippen molar-refractivity contribution in [3.8, 4) is 0 Å². The minimum Gasteiger partial charge on any atom is -0.350 e. The number of β-lactam (4-membered cyclic amide) rings is 1. The van der Waals surface area contributed by atoms with Gasteiger partial charge >= 0.3 is 0 Å². The maximum Gasteiger partial charge on any atom is 0.222 e. The van der Waals surface area contributed by atoms with Crippen LogP contribution in [0.3, 0.4) is 0 Å². The summed E-state index contributed by atoms with van der Waals surface area (Å²) in [6.07, 6.45) is 2.68. The van der Waals surface area contributed by atoms with Gasteiger partial charge in [-0.3, -0.25) is 4.79 Å². The molecular weight excluding hydrogens is 116 g/mol. The third-order valence-electron chi connectivity index (χ3n) is 2.21. The van der Waals surface area contributed by atoms with Gasteiger partial charge in [0.15, 0.2) is 0 Å². The lowest BCUT2D eigenvalue weighted by Gasteiger charge is -2.52. The molecular formula is C6H10N2O. The number of carbonyl (C=O) groups excluding carboxylic acids is 1. The van der Waals surface area contributed by atoms with E-state index in [9.17, 15) is 4.79 Å². The summed E-state index contributed by atoms with van der Waals surface area (Å²) < 4.78 is 0. The fourth-order valence-electron chi connectivity index (χ4n) is 1.78. The Labute approximate surface area is 53.6 Å². The van der Waals surface area contributed by atoms with E-state index < -0.39 is 0 Å². The smallest absolute Gasteiger partial charge is 0.222 e. The maximum absolute atomic E-state index is 10.5. The Balaban J connectivity index is 1.94. The van der Waals surface area contributed by atoms with Gasteiger partial charge in [0.2, 0.25) is 5.91 Å². The predicted octanol–water partition coefficient (Wildman–Crippen LogP) is -0.634. The number of nitrogens with two attached hydrogens (primary N) is 1. The molecule has 50 valence electrons. The average Bonchev–Trinajstić information content (AvgIpc) is 1.58. The first-order chi connectivity index (χ1) is 4.20. The molecule has 1 aliphatic heterocycles. The van der Waals surface area contributed by atoms with Crippen LogP contribution in [0.4, 0.5) is 0 Å². The lowest BCUT2D eigenvalue weighted by atomic mass is 9.66. The van der Waals surface area contributed by atoms with Gasteiger partial charge in [0, 0.05) is 12.5 Å². The molecule has 1 heterocycles. The van der Waals surface area contributed by atoms with Gasteiger partial charge in [-0.1, -0.05) is 0 Å². The molecule has 3 N–H and O–H groups in total. The Kier molecular flexibility index (Phi) is 0.750. The molecule has 0 atom stereocenters. The van der Waals surface area contributed by atoms with E-state index in [4.69, 9.17) is 5.73 Å². The molecule has 1 saturated carbocycles. The monoisotopic (exact) mass is 126 g/mol. The molecule has 3 nitrogen and oxygen atoms in total. The Hall–Kier alpha value is -0.570. The molecule has 0 aromatic heterocycles. The van der Waals surface area contributed by atoms with E-state index in [0.717, 1.165) is 12.8 Å². The van der Waals surface area contributed by atoms with Gasteiger partial charge in [-0.25, -0.2) is 0 Å². The molecule has 2 fully saturated rings. The summed E-state index contributed by atoms with van der Waals surface area (Å²) in [6, 6.07) is 0.339. The van der Waals surface area contributed by atoms with Crippen LogP contribution in [0.15, 0.2) is 0 Å². The zero-order chi connectivity index (χ0) is 6.48. The SMILES string of the molecule is NC1CC2(CC(=O)N2)C1. The molecule has 2 rings (SSSR count). The van der Waals surface area contributed by atoms with Gasteiger partial charge in [0.1, 0.15) is 0 Å². The van der Waals surface area contributed by atoms with Crippen LogP contribution in [0.1, 0.15) is 19.3 Å². The van der Waals surface area contributed by atoms with Crippen molar-refractivity contribution in [3.63, 3.8) is 0 Å². The van der Waals surface area contributed by atoms with Crippen molar-refractivity contribution < 1.29 is 4.79 Å². The minimum absolute atomic E-state index is 0.163. The van der Waals surface area contributed by atoms with Gasteiger partial charge < -0.3 is 11.1 Å². The van der Waals surface area contributed by atoms with Crippen LogP contribution in [-0.2, 0) is 4.79 Å². The molecule has 9 heavy (non-hydrogen) atoms. The maximum atomic E-state index is 10.5. The van der Waals surface area contributed by atoms with E-state index in [1.807, 2.05) is 0 Å². The van der Waals surface area contributed by atoms with E-state index in [-0.39, 0.29) is 11.4 Å². The second-order valence-corrected chi connectivity index (χ2v) is 3.17. The first kappa shape index (κ1) is 5.23. The van der Waals surface area contributed by atoms with Gasteiger partial charge in [0.05, 0.1) is 5.54 Å². The summed E-state index contributed by atoms with van der Waals surface area (Å²) in [5.41, 5.74) is 5.72. The molecule has 0 bridgehead atoms. The van der Waals surface area contributed by atoms with Crippen molar-refractivity contribution in [2.45, 2.75) is 30.8 Å². The van der Waals surface area contributed by atoms with Crippen LogP contribution < -0.4 is 11.1 Å². The second kappa shape index (κ2) is 1.29. The first-order valence-corrected chi connectivity index (χ1v) is 3.27. The third kappa shape index (κ3) is 0.580. The molecule has 0 unspecified atom stereocenters. The Morgan fingerprint density at radius 1 is 1.67 bits per heavy atom. The quantitative estimate of drug-likeness (QED) is 0.424. The van der Waals surface area contributed by atoms with Crippen molar-refractivity contribution in [1.82, 2.24) is 5.32 Å². The third-order valence-corrected chi connectivity index (χ3v) is 2.21. The number of amides is 1. The van der Waals surface area contributed by atoms with Crippen LogP contribution >= 0.6 is 0 Å². The predicted molar refractivity (Wildman–Crippen MR) is 32.7 cm³/mol. The standard InChI is InChI=1S/C6H10N2O/c7-4-1-6(2-4)3-5(9)8-6/h4H,1-3,7H2,(H,8,9).